The Morgan fingerprint density at radius 2 is 1.89 bits per heavy atom. The van der Waals surface area contributed by atoms with Gasteiger partial charge in [0, 0.05) is 25.8 Å². The summed E-state index contributed by atoms with van der Waals surface area (Å²) in [5.74, 6) is -1.18. The van der Waals surface area contributed by atoms with Crippen molar-refractivity contribution in [2.24, 2.45) is 0 Å². The van der Waals surface area contributed by atoms with Gasteiger partial charge in [0.05, 0.1) is 12.2 Å². The topological polar surface area (TPSA) is 66.8 Å². The maximum absolute atomic E-state index is 12.2. The number of amides is 1. The second-order valence-electron chi connectivity index (χ2n) is 3.92. The number of carbonyl (C=O) groups excluding carboxylic acids is 1. The highest BCUT2D eigenvalue weighted by atomic mass is 16.5. The van der Waals surface area contributed by atoms with Crippen molar-refractivity contribution in [3.05, 3.63) is 48.0 Å². The third-order valence-corrected chi connectivity index (χ3v) is 2.58. The first kappa shape index (κ1) is 14.9. The molecule has 19 heavy (non-hydrogen) atoms. The maximum atomic E-state index is 12.2. The Morgan fingerprint density at radius 3 is 2.37 bits per heavy atom. The number of hydrogen-bond donors (Lipinski definition) is 1. The molecule has 0 aliphatic heterocycles. The van der Waals surface area contributed by atoms with Gasteiger partial charge in [0.1, 0.15) is 0 Å². The standard InChI is InChI=1S/C14H17NO4/c1-3-8-15(9-10-19-2)13(16)11-4-6-12(7-5-11)14(17)18/h3-7H,1,8-10H2,2H3,(H,17,18). The molecule has 0 bridgehead atoms. The van der Waals surface area contributed by atoms with Crippen molar-refractivity contribution in [3.8, 4) is 0 Å². The van der Waals surface area contributed by atoms with Gasteiger partial charge in [-0.25, -0.2) is 4.79 Å². The van der Waals surface area contributed by atoms with E-state index in [0.29, 0.717) is 25.3 Å². The van der Waals surface area contributed by atoms with E-state index in [0.717, 1.165) is 0 Å². The third-order valence-electron chi connectivity index (χ3n) is 2.58. The Labute approximate surface area is 112 Å². The summed E-state index contributed by atoms with van der Waals surface area (Å²) in [4.78, 5) is 24.5. The van der Waals surface area contributed by atoms with Crippen LogP contribution in [0.4, 0.5) is 0 Å². The molecule has 0 aliphatic rings. The molecule has 5 heteroatoms. The highest BCUT2D eigenvalue weighted by Crippen LogP contribution is 2.08. The van der Waals surface area contributed by atoms with Crippen LogP contribution in [0.5, 0.6) is 0 Å². The zero-order valence-electron chi connectivity index (χ0n) is 10.8. The van der Waals surface area contributed by atoms with E-state index in [1.165, 1.54) is 24.3 Å². The molecule has 102 valence electrons. The number of rotatable bonds is 7. The van der Waals surface area contributed by atoms with Gasteiger partial charge in [-0.15, -0.1) is 6.58 Å². The molecule has 5 nitrogen and oxygen atoms in total. The van der Waals surface area contributed by atoms with Crippen LogP contribution in [-0.2, 0) is 4.74 Å². The lowest BCUT2D eigenvalue weighted by molar-refractivity contribution is 0.0691. The summed E-state index contributed by atoms with van der Waals surface area (Å²) >= 11 is 0. The molecule has 0 fully saturated rings. The minimum absolute atomic E-state index is 0.156. The van der Waals surface area contributed by atoms with E-state index in [2.05, 4.69) is 6.58 Å². The van der Waals surface area contributed by atoms with Crippen molar-refractivity contribution in [3.63, 3.8) is 0 Å². The van der Waals surface area contributed by atoms with E-state index in [9.17, 15) is 9.59 Å². The van der Waals surface area contributed by atoms with Crippen LogP contribution >= 0.6 is 0 Å². The van der Waals surface area contributed by atoms with Crippen LogP contribution < -0.4 is 0 Å². The highest BCUT2D eigenvalue weighted by Gasteiger charge is 2.14. The molecule has 0 atom stereocenters. The molecule has 0 aliphatic carbocycles. The normalized spacial score (nSPS) is 9.95. The molecular weight excluding hydrogens is 246 g/mol. The van der Waals surface area contributed by atoms with Crippen LogP contribution in [0.3, 0.4) is 0 Å². The molecule has 1 aromatic rings. The van der Waals surface area contributed by atoms with Gasteiger partial charge in [-0.1, -0.05) is 6.08 Å². The van der Waals surface area contributed by atoms with Crippen LogP contribution in [0, 0.1) is 0 Å². The van der Waals surface area contributed by atoms with Crippen molar-refractivity contribution >= 4 is 11.9 Å². The number of hydrogen-bond acceptors (Lipinski definition) is 3. The lowest BCUT2D eigenvalue weighted by Crippen LogP contribution is -2.34. The van der Waals surface area contributed by atoms with Crippen molar-refractivity contribution in [1.29, 1.82) is 0 Å². The fourth-order valence-corrected chi connectivity index (χ4v) is 1.57. The first-order chi connectivity index (χ1) is 9.10. The monoisotopic (exact) mass is 263 g/mol. The Bertz CT molecular complexity index is 453. The van der Waals surface area contributed by atoms with E-state index in [4.69, 9.17) is 9.84 Å². The number of carboxylic acid groups (broad SMARTS) is 1. The highest BCUT2D eigenvalue weighted by molar-refractivity contribution is 5.96. The van der Waals surface area contributed by atoms with E-state index < -0.39 is 5.97 Å². The maximum Gasteiger partial charge on any atom is 0.335 e. The molecule has 1 amide bonds. The second-order valence-corrected chi connectivity index (χ2v) is 3.92. The summed E-state index contributed by atoms with van der Waals surface area (Å²) in [5.41, 5.74) is 0.603. The smallest absolute Gasteiger partial charge is 0.335 e. The average molecular weight is 263 g/mol. The van der Waals surface area contributed by atoms with E-state index in [-0.39, 0.29) is 11.5 Å². The van der Waals surface area contributed by atoms with Gasteiger partial charge in [-0.2, -0.15) is 0 Å². The Morgan fingerprint density at radius 1 is 1.32 bits per heavy atom. The number of carboxylic acids is 1. The van der Waals surface area contributed by atoms with Gasteiger partial charge in [-0.05, 0) is 24.3 Å². The van der Waals surface area contributed by atoms with Gasteiger partial charge in [-0.3, -0.25) is 4.79 Å². The van der Waals surface area contributed by atoms with Crippen LogP contribution in [0.25, 0.3) is 0 Å². The molecule has 1 rings (SSSR count). The molecule has 1 N–H and O–H groups in total. The van der Waals surface area contributed by atoms with E-state index in [1.54, 1.807) is 18.1 Å². The number of nitrogens with zero attached hydrogens (tertiary/aromatic N) is 1. The van der Waals surface area contributed by atoms with Crippen molar-refractivity contribution in [2.75, 3.05) is 26.8 Å². The van der Waals surface area contributed by atoms with Gasteiger partial charge in [0.25, 0.3) is 5.91 Å². The van der Waals surface area contributed by atoms with Crippen LogP contribution in [0.1, 0.15) is 20.7 Å². The molecule has 0 unspecified atom stereocenters. The number of aromatic carboxylic acids is 1. The Balaban J connectivity index is 2.83. The summed E-state index contributed by atoms with van der Waals surface area (Å²) in [6.07, 6.45) is 1.64. The molecule has 0 heterocycles. The summed E-state index contributed by atoms with van der Waals surface area (Å²) < 4.78 is 4.95. The van der Waals surface area contributed by atoms with Crippen LogP contribution in [0.15, 0.2) is 36.9 Å². The molecule has 0 aromatic heterocycles. The van der Waals surface area contributed by atoms with Gasteiger partial charge >= 0.3 is 5.97 Å². The summed E-state index contributed by atoms with van der Waals surface area (Å²) in [6, 6.07) is 5.85. The first-order valence-corrected chi connectivity index (χ1v) is 5.82. The average Bonchev–Trinajstić information content (AvgIpc) is 2.42. The van der Waals surface area contributed by atoms with Crippen molar-refractivity contribution in [2.45, 2.75) is 0 Å². The number of carbonyl (C=O) groups is 2. The minimum atomic E-state index is -1.01. The number of benzene rings is 1. The molecule has 0 spiro atoms. The number of methoxy groups -OCH3 is 1. The Hall–Kier alpha value is -2.14. The van der Waals surface area contributed by atoms with E-state index >= 15 is 0 Å². The minimum Gasteiger partial charge on any atom is -0.478 e. The predicted octanol–water partition coefficient (Wildman–Crippen LogP) is 1.66. The zero-order chi connectivity index (χ0) is 14.3. The summed E-state index contributed by atoms with van der Waals surface area (Å²) in [6.45, 7) is 4.93. The molecular formula is C14H17NO4. The predicted molar refractivity (Wildman–Crippen MR) is 71.4 cm³/mol. The molecule has 0 saturated heterocycles. The first-order valence-electron chi connectivity index (χ1n) is 5.82. The van der Waals surface area contributed by atoms with Crippen LogP contribution in [0.2, 0.25) is 0 Å². The molecule has 0 saturated carbocycles. The van der Waals surface area contributed by atoms with Crippen LogP contribution in [-0.4, -0.2) is 48.7 Å². The largest absolute Gasteiger partial charge is 0.478 e. The molecule has 1 aromatic carbocycles. The lowest BCUT2D eigenvalue weighted by Gasteiger charge is -2.20. The fraction of sp³-hybridized carbons (Fsp3) is 0.286. The summed E-state index contributed by atoms with van der Waals surface area (Å²) in [7, 11) is 1.57. The zero-order valence-corrected chi connectivity index (χ0v) is 10.8. The fourth-order valence-electron chi connectivity index (χ4n) is 1.57. The SMILES string of the molecule is C=CCN(CCOC)C(=O)c1ccc(C(=O)O)cc1. The molecule has 0 radical (unpaired) electrons. The van der Waals surface area contributed by atoms with Crippen molar-refractivity contribution in [1.82, 2.24) is 4.90 Å². The third kappa shape index (κ3) is 4.22. The Kier molecular flexibility index (Phi) is 5.75. The quantitative estimate of drug-likeness (QED) is 0.760. The van der Waals surface area contributed by atoms with Gasteiger partial charge < -0.3 is 14.7 Å². The lowest BCUT2D eigenvalue weighted by atomic mass is 10.1. The second kappa shape index (κ2) is 7.33. The summed E-state index contributed by atoms with van der Waals surface area (Å²) in [5, 5.41) is 8.80. The van der Waals surface area contributed by atoms with E-state index in [1.807, 2.05) is 0 Å². The van der Waals surface area contributed by atoms with Gasteiger partial charge in [0.15, 0.2) is 0 Å². The van der Waals surface area contributed by atoms with Crippen molar-refractivity contribution < 1.29 is 19.4 Å². The van der Waals surface area contributed by atoms with Gasteiger partial charge in [0.2, 0.25) is 0 Å². The number of ether oxygens (including phenoxy) is 1.